The molecule has 0 unspecified atom stereocenters. The number of rotatable bonds is 5. The zero-order chi connectivity index (χ0) is 15.9. The van der Waals surface area contributed by atoms with Gasteiger partial charge in [0.15, 0.2) is 5.78 Å². The van der Waals surface area contributed by atoms with Gasteiger partial charge in [0.25, 0.3) is 0 Å². The van der Waals surface area contributed by atoms with Crippen LogP contribution in [0.1, 0.15) is 11.1 Å². The van der Waals surface area contributed by atoms with Crippen molar-refractivity contribution in [1.82, 2.24) is 0 Å². The van der Waals surface area contributed by atoms with Gasteiger partial charge in [0, 0.05) is 24.8 Å². The van der Waals surface area contributed by atoms with Crippen LogP contribution in [0.3, 0.4) is 0 Å². The van der Waals surface area contributed by atoms with E-state index < -0.39 is 0 Å². The summed E-state index contributed by atoms with van der Waals surface area (Å²) in [7, 11) is 3.99. The molecule has 0 aliphatic rings. The Hall–Kier alpha value is -2.32. The Morgan fingerprint density at radius 1 is 0.864 bits per heavy atom. The smallest absolute Gasteiger partial charge is 0.178 e. The maximum absolute atomic E-state index is 11.8. The number of anilines is 1. The zero-order valence-electron chi connectivity index (χ0n) is 12.7. The lowest BCUT2D eigenvalue weighted by Gasteiger charge is -2.11. The Labute approximate surface area is 136 Å². The molecule has 3 heteroatoms. The van der Waals surface area contributed by atoms with Gasteiger partial charge in [0.1, 0.15) is 0 Å². The first-order chi connectivity index (χ1) is 10.5. The molecule has 0 N–H and O–H groups in total. The molecule has 0 fully saturated rings. The summed E-state index contributed by atoms with van der Waals surface area (Å²) in [6.07, 6.45) is 6.71. The number of halogens is 1. The Kier molecular flexibility index (Phi) is 5.56. The number of carbonyl (C=O) groups excluding carboxylic acids is 1. The molecule has 0 saturated heterocycles. The molecule has 0 aliphatic carbocycles. The van der Waals surface area contributed by atoms with Gasteiger partial charge >= 0.3 is 0 Å². The first-order valence-corrected chi connectivity index (χ1v) is 7.35. The van der Waals surface area contributed by atoms with Crippen molar-refractivity contribution in [2.45, 2.75) is 0 Å². The van der Waals surface area contributed by atoms with Crippen molar-refractivity contribution in [1.29, 1.82) is 0 Å². The highest BCUT2D eigenvalue weighted by Gasteiger charge is 1.95. The van der Waals surface area contributed by atoms with Crippen LogP contribution in [-0.4, -0.2) is 19.9 Å². The van der Waals surface area contributed by atoms with Crippen molar-refractivity contribution in [3.8, 4) is 0 Å². The number of nitrogens with zero attached hydrogens (tertiary/aromatic N) is 1. The van der Waals surface area contributed by atoms with E-state index in [4.69, 9.17) is 11.6 Å². The van der Waals surface area contributed by atoms with Crippen molar-refractivity contribution < 1.29 is 4.79 Å². The molecule has 0 aromatic heterocycles. The number of hydrogen-bond donors (Lipinski definition) is 0. The van der Waals surface area contributed by atoms with Crippen molar-refractivity contribution in [2.75, 3.05) is 19.0 Å². The third-order valence-electron chi connectivity index (χ3n) is 3.16. The Morgan fingerprint density at radius 2 is 1.32 bits per heavy atom. The van der Waals surface area contributed by atoms with Gasteiger partial charge in [-0.2, -0.15) is 0 Å². The molecule has 0 amide bonds. The van der Waals surface area contributed by atoms with E-state index in [-0.39, 0.29) is 5.78 Å². The lowest BCUT2D eigenvalue weighted by molar-refractivity contribution is -0.110. The lowest BCUT2D eigenvalue weighted by Crippen LogP contribution is -2.07. The molecule has 2 nitrogen and oxygen atoms in total. The minimum Gasteiger partial charge on any atom is -0.378 e. The van der Waals surface area contributed by atoms with E-state index in [0.717, 1.165) is 16.8 Å². The molecular weight excluding hydrogens is 294 g/mol. The van der Waals surface area contributed by atoms with Gasteiger partial charge < -0.3 is 4.90 Å². The number of hydrogen-bond acceptors (Lipinski definition) is 2. The molecule has 2 aromatic carbocycles. The second-order valence-corrected chi connectivity index (χ2v) is 5.54. The van der Waals surface area contributed by atoms with Crippen LogP contribution in [0.4, 0.5) is 5.69 Å². The fourth-order valence-corrected chi connectivity index (χ4v) is 2.00. The molecule has 0 saturated carbocycles. The Balaban J connectivity index is 1.97. The van der Waals surface area contributed by atoms with Gasteiger partial charge in [-0.15, -0.1) is 0 Å². The van der Waals surface area contributed by atoms with Crippen LogP contribution >= 0.6 is 11.6 Å². The number of ketones is 1. The van der Waals surface area contributed by atoms with Gasteiger partial charge in [0.05, 0.1) is 0 Å². The van der Waals surface area contributed by atoms with Crippen LogP contribution in [0.5, 0.6) is 0 Å². The average Bonchev–Trinajstić information content (AvgIpc) is 2.52. The van der Waals surface area contributed by atoms with E-state index in [9.17, 15) is 4.79 Å². The van der Waals surface area contributed by atoms with E-state index in [1.807, 2.05) is 61.5 Å². The number of allylic oxidation sites excluding steroid dienone is 2. The summed E-state index contributed by atoms with van der Waals surface area (Å²) < 4.78 is 0. The van der Waals surface area contributed by atoms with Gasteiger partial charge in [-0.25, -0.2) is 0 Å². The third-order valence-corrected chi connectivity index (χ3v) is 3.41. The highest BCUT2D eigenvalue weighted by Crippen LogP contribution is 2.13. The predicted octanol–water partition coefficient (Wildman–Crippen LogP) is 4.70. The van der Waals surface area contributed by atoms with Gasteiger partial charge in [-0.3, -0.25) is 4.79 Å². The molecule has 0 bridgehead atoms. The largest absolute Gasteiger partial charge is 0.378 e. The minimum atomic E-state index is -0.0494. The quantitative estimate of drug-likeness (QED) is 0.746. The molecule has 2 aromatic rings. The maximum Gasteiger partial charge on any atom is 0.178 e. The minimum absolute atomic E-state index is 0.0494. The SMILES string of the molecule is CN(C)c1ccc(/C=C/C(=O)/C=C/c2ccc(Cl)cc2)cc1. The fraction of sp³-hybridized carbons (Fsp3) is 0.105. The molecule has 0 spiro atoms. The normalized spacial score (nSPS) is 11.2. The van der Waals surface area contributed by atoms with Crippen molar-refractivity contribution in [2.24, 2.45) is 0 Å². The lowest BCUT2D eigenvalue weighted by atomic mass is 10.1. The van der Waals surface area contributed by atoms with E-state index in [0.29, 0.717) is 5.02 Å². The van der Waals surface area contributed by atoms with Crippen molar-refractivity contribution in [3.63, 3.8) is 0 Å². The summed E-state index contributed by atoms with van der Waals surface area (Å²) in [6.45, 7) is 0. The molecular formula is C19H18ClNO. The molecule has 112 valence electrons. The van der Waals surface area contributed by atoms with E-state index in [1.165, 1.54) is 0 Å². The van der Waals surface area contributed by atoms with Crippen LogP contribution in [-0.2, 0) is 4.79 Å². The highest BCUT2D eigenvalue weighted by atomic mass is 35.5. The molecule has 0 radical (unpaired) electrons. The first-order valence-electron chi connectivity index (χ1n) is 6.98. The monoisotopic (exact) mass is 311 g/mol. The summed E-state index contributed by atoms with van der Waals surface area (Å²) in [5.74, 6) is -0.0494. The molecule has 22 heavy (non-hydrogen) atoms. The third kappa shape index (κ3) is 4.90. The van der Waals surface area contributed by atoms with Crippen molar-refractivity contribution >= 4 is 35.2 Å². The standard InChI is InChI=1S/C19H18ClNO/c1-21(2)18-11-5-16(6-12-18)8-14-19(22)13-7-15-3-9-17(20)10-4-15/h3-14H,1-2H3/b13-7+,14-8+. The van der Waals surface area contributed by atoms with E-state index in [1.54, 1.807) is 30.4 Å². The molecule has 0 heterocycles. The Morgan fingerprint density at radius 3 is 1.77 bits per heavy atom. The highest BCUT2D eigenvalue weighted by molar-refractivity contribution is 6.30. The molecule has 2 rings (SSSR count). The molecule has 0 atom stereocenters. The summed E-state index contributed by atoms with van der Waals surface area (Å²) in [5, 5.41) is 0.685. The number of benzene rings is 2. The van der Waals surface area contributed by atoms with E-state index >= 15 is 0 Å². The summed E-state index contributed by atoms with van der Waals surface area (Å²) in [6, 6.07) is 15.4. The zero-order valence-corrected chi connectivity index (χ0v) is 13.4. The van der Waals surface area contributed by atoms with Crippen LogP contribution in [0.2, 0.25) is 5.02 Å². The van der Waals surface area contributed by atoms with Crippen LogP contribution < -0.4 is 4.90 Å². The summed E-state index contributed by atoms with van der Waals surface area (Å²) >= 11 is 5.82. The first kappa shape index (κ1) is 16.1. The summed E-state index contributed by atoms with van der Waals surface area (Å²) in [5.41, 5.74) is 3.08. The molecule has 0 aliphatic heterocycles. The van der Waals surface area contributed by atoms with Gasteiger partial charge in [-0.1, -0.05) is 48.0 Å². The van der Waals surface area contributed by atoms with Crippen LogP contribution in [0, 0.1) is 0 Å². The second-order valence-electron chi connectivity index (χ2n) is 5.11. The van der Waals surface area contributed by atoms with Gasteiger partial charge in [-0.05, 0) is 47.5 Å². The van der Waals surface area contributed by atoms with Crippen molar-refractivity contribution in [3.05, 3.63) is 76.8 Å². The van der Waals surface area contributed by atoms with Crippen LogP contribution in [0.15, 0.2) is 60.7 Å². The topological polar surface area (TPSA) is 20.3 Å². The fourth-order valence-electron chi connectivity index (χ4n) is 1.87. The van der Waals surface area contributed by atoms with E-state index in [2.05, 4.69) is 0 Å². The second kappa shape index (κ2) is 7.62. The van der Waals surface area contributed by atoms with Gasteiger partial charge in [0.2, 0.25) is 0 Å². The Bertz CT molecular complexity index is 682. The average molecular weight is 312 g/mol. The predicted molar refractivity (Wildman–Crippen MR) is 95.3 cm³/mol. The maximum atomic E-state index is 11.8. The number of carbonyl (C=O) groups is 1. The van der Waals surface area contributed by atoms with Crippen LogP contribution in [0.25, 0.3) is 12.2 Å². The summed E-state index contributed by atoms with van der Waals surface area (Å²) in [4.78, 5) is 13.9.